The molecule has 1 atom stereocenters. The van der Waals surface area contributed by atoms with Gasteiger partial charge in [0.1, 0.15) is 17.4 Å². The average Bonchev–Trinajstić information content (AvgIpc) is 3.30. The van der Waals surface area contributed by atoms with Gasteiger partial charge in [-0.25, -0.2) is 13.8 Å². The van der Waals surface area contributed by atoms with Gasteiger partial charge in [0.25, 0.3) is 6.43 Å². The molecule has 2 fully saturated rings. The minimum Gasteiger partial charge on any atom is -0.377 e. The molecule has 11 heteroatoms. The summed E-state index contributed by atoms with van der Waals surface area (Å²) in [4.78, 5) is 30.1. The molecule has 1 aromatic carbocycles. The van der Waals surface area contributed by atoms with Gasteiger partial charge in [-0.3, -0.25) is 9.36 Å². The van der Waals surface area contributed by atoms with Crippen LogP contribution in [0.5, 0.6) is 0 Å². The first-order valence-corrected chi connectivity index (χ1v) is 13.7. The molecule has 3 aromatic rings. The fourth-order valence-electron chi connectivity index (χ4n) is 5.68. The number of hydrogen-bond acceptors (Lipinski definition) is 8. The van der Waals surface area contributed by atoms with E-state index in [0.29, 0.717) is 67.3 Å². The van der Waals surface area contributed by atoms with Crippen LogP contribution in [0.15, 0.2) is 30.3 Å². The number of imidazole rings is 1. The SMILES string of the molecule is C[C@@H]1COCCN1c1cc(-n2c(C(F)F)nc3ccccc32)nc(NC2CCC(CC(=O)CN(C)C)CC2)n1. The van der Waals surface area contributed by atoms with E-state index < -0.39 is 6.43 Å². The van der Waals surface area contributed by atoms with Gasteiger partial charge in [0.2, 0.25) is 5.95 Å². The maximum Gasteiger partial charge on any atom is 0.296 e. The van der Waals surface area contributed by atoms with Crippen molar-refractivity contribution in [1.82, 2.24) is 24.4 Å². The number of hydrogen-bond donors (Lipinski definition) is 1. The maximum absolute atomic E-state index is 14.1. The number of rotatable bonds is 9. The van der Waals surface area contributed by atoms with E-state index in [2.05, 4.69) is 22.1 Å². The summed E-state index contributed by atoms with van der Waals surface area (Å²) < 4.78 is 35.3. The number of carbonyl (C=O) groups is 1. The first kappa shape index (κ1) is 27.4. The van der Waals surface area contributed by atoms with Crippen molar-refractivity contribution >= 4 is 28.6 Å². The predicted octanol–water partition coefficient (Wildman–Crippen LogP) is 4.47. The number of morpholine rings is 1. The number of carbonyl (C=O) groups excluding carboxylic acids is 1. The second-order valence-corrected chi connectivity index (χ2v) is 11.0. The predicted molar refractivity (Wildman–Crippen MR) is 147 cm³/mol. The number of alkyl halides is 2. The minimum atomic E-state index is -2.76. The third-order valence-electron chi connectivity index (χ3n) is 7.56. The number of ether oxygens (including phenoxy) is 1. The van der Waals surface area contributed by atoms with Crippen molar-refractivity contribution in [2.75, 3.05) is 50.6 Å². The van der Waals surface area contributed by atoms with Crippen molar-refractivity contribution in [3.8, 4) is 5.82 Å². The molecule has 9 nitrogen and oxygen atoms in total. The normalized spacial score (nSPS) is 22.1. The van der Waals surface area contributed by atoms with Crippen LogP contribution >= 0.6 is 0 Å². The van der Waals surface area contributed by atoms with E-state index in [1.165, 1.54) is 4.57 Å². The maximum atomic E-state index is 14.1. The van der Waals surface area contributed by atoms with Crippen LogP contribution < -0.4 is 10.2 Å². The molecule has 0 unspecified atom stereocenters. The molecule has 0 amide bonds. The van der Waals surface area contributed by atoms with Gasteiger partial charge < -0.3 is 19.9 Å². The van der Waals surface area contributed by atoms with Gasteiger partial charge in [0.05, 0.1) is 36.8 Å². The molecular formula is C28H37F2N7O2. The number of fused-ring (bicyclic) bond motifs is 1. The Morgan fingerprint density at radius 2 is 1.87 bits per heavy atom. The number of ketones is 1. The van der Waals surface area contributed by atoms with Crippen LogP contribution in [0, 0.1) is 5.92 Å². The number of anilines is 2. The lowest BCUT2D eigenvalue weighted by atomic mass is 9.83. The van der Waals surface area contributed by atoms with Crippen LogP contribution in [-0.2, 0) is 9.53 Å². The Kier molecular flexibility index (Phi) is 8.37. The zero-order chi connectivity index (χ0) is 27.5. The summed E-state index contributed by atoms with van der Waals surface area (Å²) in [7, 11) is 3.82. The molecule has 1 saturated carbocycles. The third kappa shape index (κ3) is 6.36. The number of Topliss-reactive ketones (excluding diaryl/α,β-unsaturated/α-hetero) is 1. The molecule has 210 valence electrons. The van der Waals surface area contributed by atoms with Crippen LogP contribution in [0.25, 0.3) is 16.9 Å². The molecule has 1 aliphatic carbocycles. The summed E-state index contributed by atoms with van der Waals surface area (Å²) in [5.41, 5.74) is 1.06. The molecule has 1 aliphatic heterocycles. The lowest BCUT2D eigenvalue weighted by Gasteiger charge is -2.35. The molecule has 3 heterocycles. The Bertz CT molecular complexity index is 1290. The van der Waals surface area contributed by atoms with E-state index in [1.807, 2.05) is 25.1 Å². The lowest BCUT2D eigenvalue weighted by molar-refractivity contribution is -0.120. The molecule has 39 heavy (non-hydrogen) atoms. The van der Waals surface area contributed by atoms with Gasteiger partial charge in [-0.05, 0) is 64.8 Å². The van der Waals surface area contributed by atoms with Crippen LogP contribution in [0.3, 0.4) is 0 Å². The summed E-state index contributed by atoms with van der Waals surface area (Å²) in [6.45, 7) is 4.32. The fourth-order valence-corrected chi connectivity index (χ4v) is 5.68. The average molecular weight is 542 g/mol. The highest BCUT2D eigenvalue weighted by atomic mass is 19.3. The molecule has 2 aromatic heterocycles. The fraction of sp³-hybridized carbons (Fsp3) is 0.571. The van der Waals surface area contributed by atoms with E-state index in [0.717, 1.165) is 25.7 Å². The van der Waals surface area contributed by atoms with Gasteiger partial charge in [0.15, 0.2) is 5.82 Å². The van der Waals surface area contributed by atoms with Crippen molar-refractivity contribution in [2.45, 2.75) is 57.5 Å². The molecule has 1 N–H and O–H groups in total. The molecular weight excluding hydrogens is 504 g/mol. The quantitative estimate of drug-likeness (QED) is 0.425. The second-order valence-electron chi connectivity index (χ2n) is 11.0. The standard InChI is InChI=1S/C28H37F2N7O2/c1-18-17-39-13-12-36(18)24-15-25(37-23-7-5-4-6-22(23)32-27(37)26(29)30)34-28(33-24)31-20-10-8-19(9-11-20)14-21(38)16-35(2)3/h4-7,15,18-20,26H,8-14,16-17H2,1-3H3,(H,31,33,34)/t18-,19?,20?/m1/s1. The smallest absolute Gasteiger partial charge is 0.296 e. The summed E-state index contributed by atoms with van der Waals surface area (Å²) in [5.74, 6) is 1.75. The number of benzene rings is 1. The molecule has 0 bridgehead atoms. The first-order valence-electron chi connectivity index (χ1n) is 13.7. The zero-order valence-corrected chi connectivity index (χ0v) is 22.8. The Morgan fingerprint density at radius 3 is 2.59 bits per heavy atom. The van der Waals surface area contributed by atoms with E-state index in [1.54, 1.807) is 24.3 Å². The van der Waals surface area contributed by atoms with E-state index in [4.69, 9.17) is 14.7 Å². The first-order chi connectivity index (χ1) is 18.8. The van der Waals surface area contributed by atoms with E-state index in [-0.39, 0.29) is 23.7 Å². The van der Waals surface area contributed by atoms with Gasteiger partial charge in [-0.1, -0.05) is 12.1 Å². The molecule has 1 saturated heterocycles. The summed E-state index contributed by atoms with van der Waals surface area (Å²) in [6.07, 6.45) is 1.54. The summed E-state index contributed by atoms with van der Waals surface area (Å²) in [5, 5.41) is 3.49. The van der Waals surface area contributed by atoms with Crippen LogP contribution in [0.1, 0.15) is 51.3 Å². The van der Waals surface area contributed by atoms with Crippen LogP contribution in [0.4, 0.5) is 20.5 Å². The molecule has 5 rings (SSSR count). The number of nitrogens with zero attached hydrogens (tertiary/aromatic N) is 6. The van der Waals surface area contributed by atoms with Crippen molar-refractivity contribution in [1.29, 1.82) is 0 Å². The number of para-hydroxylation sites is 2. The van der Waals surface area contributed by atoms with Crippen LogP contribution in [0.2, 0.25) is 0 Å². The number of halogens is 2. The van der Waals surface area contributed by atoms with Crippen LogP contribution in [-0.4, -0.2) is 82.7 Å². The monoisotopic (exact) mass is 541 g/mol. The third-order valence-corrected chi connectivity index (χ3v) is 7.56. The highest BCUT2D eigenvalue weighted by Gasteiger charge is 2.27. The van der Waals surface area contributed by atoms with Gasteiger partial charge in [-0.15, -0.1) is 0 Å². The highest BCUT2D eigenvalue weighted by Crippen LogP contribution is 2.32. The van der Waals surface area contributed by atoms with E-state index in [9.17, 15) is 13.6 Å². The number of nitrogens with one attached hydrogen (secondary N) is 1. The van der Waals surface area contributed by atoms with Crippen molar-refractivity contribution < 1.29 is 18.3 Å². The zero-order valence-electron chi connectivity index (χ0n) is 22.8. The van der Waals surface area contributed by atoms with Gasteiger partial charge in [-0.2, -0.15) is 9.97 Å². The summed E-state index contributed by atoms with van der Waals surface area (Å²) in [6, 6.07) is 9.09. The summed E-state index contributed by atoms with van der Waals surface area (Å²) >= 11 is 0. The number of likely N-dealkylation sites (N-methyl/N-ethyl adjacent to an activating group) is 1. The Morgan fingerprint density at radius 1 is 1.13 bits per heavy atom. The largest absolute Gasteiger partial charge is 0.377 e. The number of aromatic nitrogens is 4. The van der Waals surface area contributed by atoms with Crippen molar-refractivity contribution in [3.05, 3.63) is 36.2 Å². The Balaban J connectivity index is 1.43. The highest BCUT2D eigenvalue weighted by molar-refractivity contribution is 5.80. The molecule has 2 aliphatic rings. The lowest BCUT2D eigenvalue weighted by Crippen LogP contribution is -2.44. The van der Waals surface area contributed by atoms with Crippen molar-refractivity contribution in [3.63, 3.8) is 0 Å². The second kappa shape index (κ2) is 11.9. The molecule has 0 spiro atoms. The topological polar surface area (TPSA) is 88.4 Å². The van der Waals surface area contributed by atoms with E-state index >= 15 is 0 Å². The Labute approximate surface area is 227 Å². The Hall–Kier alpha value is -3.18. The van der Waals surface area contributed by atoms with Gasteiger partial charge >= 0.3 is 0 Å². The minimum absolute atomic E-state index is 0.0820. The molecule has 0 radical (unpaired) electrons. The van der Waals surface area contributed by atoms with Crippen molar-refractivity contribution in [2.24, 2.45) is 5.92 Å². The van der Waals surface area contributed by atoms with Gasteiger partial charge in [0, 0.05) is 25.1 Å².